The van der Waals surface area contributed by atoms with Gasteiger partial charge < -0.3 is 16.4 Å². The molecule has 5 heteroatoms. The molecule has 17 heavy (non-hydrogen) atoms. The molecule has 0 fully saturated rings. The zero-order valence-corrected chi connectivity index (χ0v) is 9.97. The molecule has 0 aliphatic carbocycles. The van der Waals surface area contributed by atoms with Crippen molar-refractivity contribution in [2.75, 3.05) is 17.2 Å². The summed E-state index contributed by atoms with van der Waals surface area (Å²) in [5.74, 6) is -0.430. The molecule has 0 aromatic heterocycles. The van der Waals surface area contributed by atoms with Gasteiger partial charge in [-0.25, -0.2) is 0 Å². The molecule has 0 aliphatic rings. The van der Waals surface area contributed by atoms with Crippen molar-refractivity contribution in [3.05, 3.63) is 23.8 Å². The van der Waals surface area contributed by atoms with Crippen molar-refractivity contribution >= 4 is 17.3 Å². The Morgan fingerprint density at radius 3 is 2.65 bits per heavy atom. The average molecular weight is 232 g/mol. The molecule has 0 radical (unpaired) electrons. The Hall–Kier alpha value is -2.22. The van der Waals surface area contributed by atoms with Crippen molar-refractivity contribution in [3.63, 3.8) is 0 Å². The second kappa shape index (κ2) is 5.21. The van der Waals surface area contributed by atoms with Gasteiger partial charge in [-0.2, -0.15) is 5.26 Å². The third-order valence-electron chi connectivity index (χ3n) is 2.42. The Bertz CT molecular complexity index is 462. The van der Waals surface area contributed by atoms with E-state index in [1.54, 1.807) is 23.1 Å². The van der Waals surface area contributed by atoms with Crippen molar-refractivity contribution < 1.29 is 4.79 Å². The molecule has 5 nitrogen and oxygen atoms in total. The number of primary amides is 1. The van der Waals surface area contributed by atoms with E-state index in [9.17, 15) is 4.79 Å². The molecule has 0 bridgehead atoms. The number of anilines is 2. The van der Waals surface area contributed by atoms with Crippen LogP contribution >= 0.6 is 0 Å². The third kappa shape index (κ3) is 3.11. The van der Waals surface area contributed by atoms with Crippen molar-refractivity contribution in [1.29, 1.82) is 5.26 Å². The van der Waals surface area contributed by atoms with Gasteiger partial charge in [-0.3, -0.25) is 4.79 Å². The minimum atomic E-state index is -0.430. The van der Waals surface area contributed by atoms with E-state index in [1.165, 1.54) is 0 Å². The summed E-state index contributed by atoms with van der Waals surface area (Å²) in [5.41, 5.74) is 12.8. The number of hydrogen-bond acceptors (Lipinski definition) is 4. The lowest BCUT2D eigenvalue weighted by Gasteiger charge is -2.28. The Labute approximate surface area is 101 Å². The number of nitrogen functional groups attached to an aromatic ring is 1. The molecule has 1 amide bonds. The maximum absolute atomic E-state index is 11.0. The van der Waals surface area contributed by atoms with E-state index in [0.29, 0.717) is 16.9 Å². The van der Waals surface area contributed by atoms with Crippen molar-refractivity contribution in [2.24, 2.45) is 5.73 Å². The number of carbonyl (C=O) groups excluding carboxylic acids is 1. The molecule has 0 spiro atoms. The van der Waals surface area contributed by atoms with Gasteiger partial charge in [0.25, 0.3) is 0 Å². The number of rotatable bonds is 4. The lowest BCUT2D eigenvalue weighted by atomic mass is 10.1. The maximum atomic E-state index is 11.0. The fourth-order valence-electron chi connectivity index (χ4n) is 1.58. The molecule has 1 aromatic rings. The van der Waals surface area contributed by atoms with Crippen molar-refractivity contribution in [2.45, 2.75) is 19.9 Å². The fourth-order valence-corrected chi connectivity index (χ4v) is 1.58. The smallest absolute Gasteiger partial charge is 0.236 e. The molecule has 1 aromatic carbocycles. The first-order valence-corrected chi connectivity index (χ1v) is 5.30. The third-order valence-corrected chi connectivity index (χ3v) is 2.42. The average Bonchev–Trinajstić information content (AvgIpc) is 2.26. The van der Waals surface area contributed by atoms with Crippen LogP contribution in [0.1, 0.15) is 19.4 Å². The molecule has 90 valence electrons. The Morgan fingerprint density at radius 2 is 2.18 bits per heavy atom. The number of hydrogen-bond donors (Lipinski definition) is 2. The summed E-state index contributed by atoms with van der Waals surface area (Å²) in [4.78, 5) is 12.8. The minimum absolute atomic E-state index is 0.0683. The lowest BCUT2D eigenvalue weighted by Crippen LogP contribution is -2.39. The van der Waals surface area contributed by atoms with Crippen LogP contribution in [0.3, 0.4) is 0 Å². The second-order valence-corrected chi connectivity index (χ2v) is 4.07. The van der Waals surface area contributed by atoms with Crippen LogP contribution in [0, 0.1) is 11.3 Å². The van der Waals surface area contributed by atoms with Crippen LogP contribution in [0.4, 0.5) is 11.4 Å². The minimum Gasteiger partial charge on any atom is -0.397 e. The molecule has 0 atom stereocenters. The van der Waals surface area contributed by atoms with Crippen LogP contribution in [-0.4, -0.2) is 18.5 Å². The van der Waals surface area contributed by atoms with Crippen molar-refractivity contribution in [3.8, 4) is 6.07 Å². The van der Waals surface area contributed by atoms with E-state index in [1.807, 2.05) is 19.9 Å². The first-order chi connectivity index (χ1) is 7.95. The van der Waals surface area contributed by atoms with Crippen LogP contribution in [0.5, 0.6) is 0 Å². The molecule has 0 aliphatic heterocycles. The molecule has 0 heterocycles. The van der Waals surface area contributed by atoms with Gasteiger partial charge in [0.15, 0.2) is 0 Å². The van der Waals surface area contributed by atoms with Crippen LogP contribution in [0.25, 0.3) is 0 Å². The van der Waals surface area contributed by atoms with Crippen LogP contribution < -0.4 is 16.4 Å². The summed E-state index contributed by atoms with van der Waals surface area (Å²) in [5, 5.41) is 8.85. The topological polar surface area (TPSA) is 96.1 Å². The van der Waals surface area contributed by atoms with Gasteiger partial charge in [-0.1, -0.05) is 0 Å². The van der Waals surface area contributed by atoms with Gasteiger partial charge in [0, 0.05) is 6.04 Å². The highest BCUT2D eigenvalue weighted by Crippen LogP contribution is 2.25. The summed E-state index contributed by atoms with van der Waals surface area (Å²) in [6.07, 6.45) is 0. The SMILES string of the molecule is CC(C)N(CC(N)=O)c1cc(C#N)ccc1N. The highest BCUT2D eigenvalue weighted by molar-refractivity contribution is 5.82. The Morgan fingerprint density at radius 1 is 1.53 bits per heavy atom. The standard InChI is InChI=1S/C12H16N4O/c1-8(2)16(7-12(15)17)11-5-9(6-13)3-4-10(11)14/h3-5,8H,7,14H2,1-2H3,(H2,15,17). The predicted octanol–water partition coefficient (Wildman–Crippen LogP) is 0.841. The van der Waals surface area contributed by atoms with Crippen LogP contribution in [0.2, 0.25) is 0 Å². The lowest BCUT2D eigenvalue weighted by molar-refractivity contribution is -0.116. The molecule has 4 N–H and O–H groups in total. The van der Waals surface area contributed by atoms with Gasteiger partial charge in [-0.15, -0.1) is 0 Å². The normalized spacial score (nSPS) is 10.0. The molecule has 0 unspecified atom stereocenters. The number of nitrogens with two attached hydrogens (primary N) is 2. The maximum Gasteiger partial charge on any atom is 0.236 e. The fraction of sp³-hybridized carbons (Fsp3) is 0.333. The number of nitriles is 1. The predicted molar refractivity (Wildman–Crippen MR) is 67.2 cm³/mol. The Balaban J connectivity index is 3.17. The summed E-state index contributed by atoms with van der Waals surface area (Å²) in [6, 6.07) is 7.07. The van der Waals surface area contributed by atoms with E-state index in [0.717, 1.165) is 0 Å². The first kappa shape index (κ1) is 12.8. The van der Waals surface area contributed by atoms with Crippen LogP contribution in [-0.2, 0) is 4.79 Å². The number of nitrogens with zero attached hydrogens (tertiary/aromatic N) is 2. The van der Waals surface area contributed by atoms with Gasteiger partial charge in [0.2, 0.25) is 5.91 Å². The molecule has 1 rings (SSSR count). The molecular formula is C12H16N4O. The summed E-state index contributed by atoms with van der Waals surface area (Å²) < 4.78 is 0. The van der Waals surface area contributed by atoms with E-state index < -0.39 is 5.91 Å². The highest BCUT2D eigenvalue weighted by atomic mass is 16.1. The monoisotopic (exact) mass is 232 g/mol. The number of amides is 1. The van der Waals surface area contributed by atoms with Gasteiger partial charge in [0.1, 0.15) is 0 Å². The van der Waals surface area contributed by atoms with Gasteiger partial charge in [-0.05, 0) is 32.0 Å². The van der Waals surface area contributed by atoms with E-state index in [-0.39, 0.29) is 12.6 Å². The largest absolute Gasteiger partial charge is 0.397 e. The summed E-state index contributed by atoms with van der Waals surface area (Å²) >= 11 is 0. The zero-order valence-electron chi connectivity index (χ0n) is 9.97. The molecule has 0 saturated carbocycles. The van der Waals surface area contributed by atoms with Gasteiger partial charge in [0.05, 0.1) is 29.6 Å². The summed E-state index contributed by atoms with van der Waals surface area (Å²) in [7, 11) is 0. The highest BCUT2D eigenvalue weighted by Gasteiger charge is 2.16. The summed E-state index contributed by atoms with van der Waals surface area (Å²) in [6.45, 7) is 3.94. The molecular weight excluding hydrogens is 216 g/mol. The van der Waals surface area contributed by atoms with Crippen LogP contribution in [0.15, 0.2) is 18.2 Å². The van der Waals surface area contributed by atoms with E-state index >= 15 is 0 Å². The molecule has 0 saturated heterocycles. The van der Waals surface area contributed by atoms with E-state index in [2.05, 4.69) is 0 Å². The zero-order chi connectivity index (χ0) is 13.0. The number of carbonyl (C=O) groups is 1. The number of benzene rings is 1. The quantitative estimate of drug-likeness (QED) is 0.752. The Kier molecular flexibility index (Phi) is 3.94. The first-order valence-electron chi connectivity index (χ1n) is 5.30. The van der Waals surface area contributed by atoms with Crippen molar-refractivity contribution in [1.82, 2.24) is 0 Å². The van der Waals surface area contributed by atoms with E-state index in [4.69, 9.17) is 16.7 Å². The van der Waals surface area contributed by atoms with Gasteiger partial charge >= 0.3 is 0 Å². The second-order valence-electron chi connectivity index (χ2n) is 4.07.